The summed E-state index contributed by atoms with van der Waals surface area (Å²) in [7, 11) is 0. The van der Waals surface area contributed by atoms with E-state index in [1.807, 2.05) is 48.5 Å². The third-order valence-electron chi connectivity index (χ3n) is 5.37. The van der Waals surface area contributed by atoms with E-state index in [9.17, 15) is 10.1 Å². The van der Waals surface area contributed by atoms with Crippen LogP contribution < -0.4 is 10.1 Å². The SMILES string of the molecule is C[C@@H]1CCCC[C@@H]1NC(=O)/C(C#N)=C/c1ccc(OCc2ccc(Br)cc2)c(Br)c1. The summed E-state index contributed by atoms with van der Waals surface area (Å²) in [6, 6.07) is 15.7. The first-order valence-electron chi connectivity index (χ1n) is 10.1. The van der Waals surface area contributed by atoms with Gasteiger partial charge in [-0.3, -0.25) is 4.79 Å². The molecule has 0 radical (unpaired) electrons. The highest BCUT2D eigenvalue weighted by atomic mass is 79.9. The summed E-state index contributed by atoms with van der Waals surface area (Å²) in [5, 5.41) is 12.5. The van der Waals surface area contributed by atoms with Gasteiger partial charge in [0.15, 0.2) is 0 Å². The molecule has 1 amide bonds. The molecule has 1 saturated carbocycles. The molecule has 1 aliphatic rings. The van der Waals surface area contributed by atoms with Crippen LogP contribution in [-0.2, 0) is 11.4 Å². The number of carbonyl (C=O) groups excluding carboxylic acids is 1. The van der Waals surface area contributed by atoms with Gasteiger partial charge in [-0.2, -0.15) is 5.26 Å². The lowest BCUT2D eigenvalue weighted by molar-refractivity contribution is -0.118. The number of amides is 1. The highest BCUT2D eigenvalue weighted by Crippen LogP contribution is 2.28. The van der Waals surface area contributed by atoms with Crippen molar-refractivity contribution in [1.29, 1.82) is 5.26 Å². The van der Waals surface area contributed by atoms with Gasteiger partial charge < -0.3 is 10.1 Å². The molecule has 0 aliphatic heterocycles. The minimum atomic E-state index is -0.303. The average molecular weight is 532 g/mol. The summed E-state index contributed by atoms with van der Waals surface area (Å²) in [5.41, 5.74) is 1.94. The van der Waals surface area contributed by atoms with E-state index in [1.54, 1.807) is 6.08 Å². The maximum atomic E-state index is 12.6. The molecular formula is C24H24Br2N2O2. The van der Waals surface area contributed by atoms with Gasteiger partial charge in [0.2, 0.25) is 0 Å². The fourth-order valence-corrected chi connectivity index (χ4v) is 4.33. The average Bonchev–Trinajstić information content (AvgIpc) is 2.74. The van der Waals surface area contributed by atoms with E-state index >= 15 is 0 Å². The van der Waals surface area contributed by atoms with E-state index in [0.717, 1.165) is 39.3 Å². The smallest absolute Gasteiger partial charge is 0.262 e. The Bertz CT molecular complexity index is 964. The minimum Gasteiger partial charge on any atom is -0.488 e. The zero-order valence-corrected chi connectivity index (χ0v) is 20.0. The lowest BCUT2D eigenvalue weighted by atomic mass is 9.86. The Labute approximate surface area is 194 Å². The molecule has 156 valence electrons. The van der Waals surface area contributed by atoms with Crippen molar-refractivity contribution >= 4 is 43.8 Å². The molecule has 3 rings (SSSR count). The molecule has 0 spiro atoms. The second-order valence-corrected chi connectivity index (χ2v) is 9.39. The second-order valence-electron chi connectivity index (χ2n) is 7.62. The third-order valence-corrected chi connectivity index (χ3v) is 6.52. The molecular weight excluding hydrogens is 508 g/mol. The minimum absolute atomic E-state index is 0.114. The fraction of sp³-hybridized carbons (Fsp3) is 0.333. The van der Waals surface area contributed by atoms with Gasteiger partial charge in [-0.05, 0) is 76.2 Å². The van der Waals surface area contributed by atoms with Crippen molar-refractivity contribution in [2.45, 2.75) is 45.3 Å². The molecule has 0 aromatic heterocycles. The molecule has 0 heterocycles. The molecule has 4 nitrogen and oxygen atoms in total. The number of nitrogens with zero attached hydrogens (tertiary/aromatic N) is 1. The summed E-state index contributed by atoms with van der Waals surface area (Å²) in [6.07, 6.45) is 6.03. The normalized spacial score (nSPS) is 19.1. The van der Waals surface area contributed by atoms with Crippen molar-refractivity contribution < 1.29 is 9.53 Å². The predicted octanol–water partition coefficient (Wildman–Crippen LogP) is 6.39. The van der Waals surface area contributed by atoms with E-state index in [0.29, 0.717) is 18.3 Å². The molecule has 0 saturated heterocycles. The highest BCUT2D eigenvalue weighted by Gasteiger charge is 2.24. The third kappa shape index (κ3) is 6.20. The summed E-state index contributed by atoms with van der Waals surface area (Å²) >= 11 is 6.95. The summed E-state index contributed by atoms with van der Waals surface area (Å²) in [5.74, 6) is 0.843. The van der Waals surface area contributed by atoms with Crippen LogP contribution in [0.3, 0.4) is 0 Å². The van der Waals surface area contributed by atoms with E-state index in [4.69, 9.17) is 4.74 Å². The maximum Gasteiger partial charge on any atom is 0.262 e. The van der Waals surface area contributed by atoms with Crippen molar-refractivity contribution in [2.24, 2.45) is 5.92 Å². The van der Waals surface area contributed by atoms with Gasteiger partial charge in [0.1, 0.15) is 24.0 Å². The Balaban J connectivity index is 1.66. The van der Waals surface area contributed by atoms with Crippen LogP contribution in [0.2, 0.25) is 0 Å². The van der Waals surface area contributed by atoms with Gasteiger partial charge in [0.25, 0.3) is 5.91 Å². The molecule has 2 aromatic rings. The molecule has 0 bridgehead atoms. The number of nitriles is 1. The van der Waals surface area contributed by atoms with Crippen LogP contribution in [0, 0.1) is 17.2 Å². The van der Waals surface area contributed by atoms with E-state index in [2.05, 4.69) is 44.1 Å². The Kier molecular flexibility index (Phi) is 8.12. The second kappa shape index (κ2) is 10.8. The molecule has 2 atom stereocenters. The van der Waals surface area contributed by atoms with Gasteiger partial charge in [-0.15, -0.1) is 0 Å². The summed E-state index contributed by atoms with van der Waals surface area (Å²) in [4.78, 5) is 12.6. The standard InChI is InChI=1S/C24H24Br2N2O2/c1-16-4-2-3-5-22(16)28-24(29)19(14-27)12-18-8-11-23(21(26)13-18)30-15-17-6-9-20(25)10-7-17/h6-13,16,22H,2-5,15H2,1H3,(H,28,29)/b19-12+/t16-,22+/m1/s1. The predicted molar refractivity (Wildman–Crippen MR) is 126 cm³/mol. The zero-order valence-electron chi connectivity index (χ0n) is 16.8. The van der Waals surface area contributed by atoms with Crippen molar-refractivity contribution in [2.75, 3.05) is 0 Å². The van der Waals surface area contributed by atoms with Crippen LogP contribution in [0.25, 0.3) is 6.08 Å². The molecule has 6 heteroatoms. The summed E-state index contributed by atoms with van der Waals surface area (Å²) < 4.78 is 7.68. The van der Waals surface area contributed by atoms with E-state index < -0.39 is 0 Å². The van der Waals surface area contributed by atoms with Crippen molar-refractivity contribution in [3.8, 4) is 11.8 Å². The molecule has 0 unspecified atom stereocenters. The van der Waals surface area contributed by atoms with Crippen LogP contribution in [-0.4, -0.2) is 11.9 Å². The molecule has 2 aromatic carbocycles. The Morgan fingerprint density at radius 3 is 2.60 bits per heavy atom. The van der Waals surface area contributed by atoms with Gasteiger partial charge in [-0.25, -0.2) is 0 Å². The van der Waals surface area contributed by atoms with Crippen molar-refractivity contribution in [3.63, 3.8) is 0 Å². The van der Waals surface area contributed by atoms with Gasteiger partial charge in [0, 0.05) is 10.5 Å². The monoisotopic (exact) mass is 530 g/mol. The number of carbonyl (C=O) groups is 1. The van der Waals surface area contributed by atoms with Gasteiger partial charge in [-0.1, -0.05) is 53.9 Å². The number of hydrogen-bond donors (Lipinski definition) is 1. The van der Waals surface area contributed by atoms with Crippen LogP contribution in [0.15, 0.2) is 57.0 Å². The Hall–Kier alpha value is -2.10. The molecule has 1 N–H and O–H groups in total. The summed E-state index contributed by atoms with van der Waals surface area (Å²) in [6.45, 7) is 2.61. The van der Waals surface area contributed by atoms with Crippen molar-refractivity contribution in [3.05, 3.63) is 68.1 Å². The van der Waals surface area contributed by atoms with Gasteiger partial charge in [0.05, 0.1) is 4.47 Å². The first-order valence-corrected chi connectivity index (χ1v) is 11.6. The lowest BCUT2D eigenvalue weighted by Crippen LogP contribution is -2.41. The first kappa shape index (κ1) is 22.6. The maximum absolute atomic E-state index is 12.6. The highest BCUT2D eigenvalue weighted by molar-refractivity contribution is 9.10. The Morgan fingerprint density at radius 1 is 1.20 bits per heavy atom. The number of rotatable bonds is 6. The Morgan fingerprint density at radius 2 is 1.93 bits per heavy atom. The number of ether oxygens (including phenoxy) is 1. The van der Waals surface area contributed by atoms with Crippen LogP contribution in [0.5, 0.6) is 5.75 Å². The lowest BCUT2D eigenvalue weighted by Gasteiger charge is -2.29. The number of nitrogens with one attached hydrogen (secondary N) is 1. The van der Waals surface area contributed by atoms with E-state index in [-0.39, 0.29) is 17.5 Å². The molecule has 1 fully saturated rings. The largest absolute Gasteiger partial charge is 0.488 e. The first-order chi connectivity index (χ1) is 14.5. The number of benzene rings is 2. The molecule has 30 heavy (non-hydrogen) atoms. The van der Waals surface area contributed by atoms with Gasteiger partial charge >= 0.3 is 0 Å². The van der Waals surface area contributed by atoms with Crippen LogP contribution in [0.4, 0.5) is 0 Å². The fourth-order valence-electron chi connectivity index (χ4n) is 3.56. The zero-order chi connectivity index (χ0) is 21.5. The number of hydrogen-bond acceptors (Lipinski definition) is 3. The molecule has 1 aliphatic carbocycles. The quantitative estimate of drug-likeness (QED) is 0.347. The van der Waals surface area contributed by atoms with E-state index in [1.165, 1.54) is 6.42 Å². The number of halogens is 2. The van der Waals surface area contributed by atoms with Crippen LogP contribution >= 0.6 is 31.9 Å². The topological polar surface area (TPSA) is 62.1 Å². The van der Waals surface area contributed by atoms with Crippen molar-refractivity contribution in [1.82, 2.24) is 5.32 Å². The van der Waals surface area contributed by atoms with Crippen LogP contribution in [0.1, 0.15) is 43.7 Å².